The first-order chi connectivity index (χ1) is 12.7. The predicted molar refractivity (Wildman–Crippen MR) is 100 cm³/mol. The lowest BCUT2D eigenvalue weighted by Crippen LogP contribution is -2.38. The van der Waals surface area contributed by atoms with E-state index in [1.807, 2.05) is 59.5 Å². The number of aliphatic hydroxyl groups excluding tert-OH is 1. The van der Waals surface area contributed by atoms with E-state index >= 15 is 0 Å². The lowest BCUT2D eigenvalue weighted by atomic mass is 10.0. The fraction of sp³-hybridized carbons (Fsp3) is 0.333. The molecule has 0 saturated carbocycles. The zero-order chi connectivity index (χ0) is 17.9. The van der Waals surface area contributed by atoms with Crippen LogP contribution in [0.25, 0.3) is 10.9 Å². The van der Waals surface area contributed by atoms with Gasteiger partial charge in [-0.3, -0.25) is 9.48 Å². The summed E-state index contributed by atoms with van der Waals surface area (Å²) in [6, 6.07) is 17.7. The number of rotatable bonds is 5. The van der Waals surface area contributed by atoms with Crippen molar-refractivity contribution in [1.29, 1.82) is 0 Å². The molecule has 1 saturated heterocycles. The number of para-hydroxylation sites is 1. The van der Waals surface area contributed by atoms with Crippen molar-refractivity contribution in [2.75, 3.05) is 6.54 Å². The van der Waals surface area contributed by atoms with Gasteiger partial charge in [0.2, 0.25) is 5.91 Å². The van der Waals surface area contributed by atoms with Gasteiger partial charge in [0.1, 0.15) is 6.54 Å². The van der Waals surface area contributed by atoms with Crippen LogP contribution in [0.2, 0.25) is 0 Å². The number of likely N-dealkylation sites (tertiary alicyclic amines) is 1. The number of amides is 1. The number of hydrogen-bond donors (Lipinski definition) is 1. The maximum absolute atomic E-state index is 12.9. The third kappa shape index (κ3) is 3.35. The van der Waals surface area contributed by atoms with Gasteiger partial charge in [0.05, 0.1) is 17.8 Å². The maximum atomic E-state index is 12.9. The third-order valence-corrected chi connectivity index (χ3v) is 5.21. The van der Waals surface area contributed by atoms with E-state index in [0.717, 1.165) is 35.9 Å². The fourth-order valence-corrected chi connectivity index (χ4v) is 3.85. The number of benzene rings is 2. The molecule has 2 unspecified atom stereocenters. The van der Waals surface area contributed by atoms with Gasteiger partial charge in [0, 0.05) is 18.0 Å². The van der Waals surface area contributed by atoms with Gasteiger partial charge in [-0.1, -0.05) is 48.5 Å². The van der Waals surface area contributed by atoms with Crippen molar-refractivity contribution in [1.82, 2.24) is 14.7 Å². The standard InChI is InChI=1S/C21H23N3O2/c25-20(16-7-2-1-3-8-16)13-18-10-6-12-23(18)21(26)15-24-19-11-5-4-9-17(19)14-22-24/h1-5,7-9,11,14,18,20,25H,6,10,12-13,15H2. The first-order valence-corrected chi connectivity index (χ1v) is 9.15. The van der Waals surface area contributed by atoms with E-state index in [4.69, 9.17) is 0 Å². The Kier molecular flexibility index (Phi) is 4.71. The summed E-state index contributed by atoms with van der Waals surface area (Å²) in [5, 5.41) is 15.9. The zero-order valence-corrected chi connectivity index (χ0v) is 14.7. The molecule has 2 atom stereocenters. The monoisotopic (exact) mass is 349 g/mol. The molecule has 134 valence electrons. The van der Waals surface area contributed by atoms with Gasteiger partial charge >= 0.3 is 0 Å². The molecule has 1 aromatic heterocycles. The summed E-state index contributed by atoms with van der Waals surface area (Å²) in [6.45, 7) is 0.996. The molecule has 0 radical (unpaired) electrons. The van der Waals surface area contributed by atoms with E-state index < -0.39 is 6.10 Å². The summed E-state index contributed by atoms with van der Waals surface area (Å²) >= 11 is 0. The SMILES string of the molecule is O=C(Cn1ncc2ccccc21)N1CCCC1CC(O)c1ccccc1. The van der Waals surface area contributed by atoms with Crippen molar-refractivity contribution in [3.8, 4) is 0 Å². The largest absolute Gasteiger partial charge is 0.388 e. The van der Waals surface area contributed by atoms with Crippen molar-refractivity contribution in [3.05, 3.63) is 66.4 Å². The van der Waals surface area contributed by atoms with Gasteiger partial charge in [-0.25, -0.2) is 0 Å². The molecular formula is C21H23N3O2. The van der Waals surface area contributed by atoms with Crippen LogP contribution in [0.1, 0.15) is 30.9 Å². The summed E-state index contributed by atoms with van der Waals surface area (Å²) < 4.78 is 1.76. The second kappa shape index (κ2) is 7.30. The number of aromatic nitrogens is 2. The van der Waals surface area contributed by atoms with Crippen LogP contribution in [0.3, 0.4) is 0 Å². The van der Waals surface area contributed by atoms with Crippen LogP contribution in [0.5, 0.6) is 0 Å². The number of aliphatic hydroxyl groups is 1. The van der Waals surface area contributed by atoms with Crippen molar-refractivity contribution in [2.45, 2.75) is 38.0 Å². The lowest BCUT2D eigenvalue weighted by Gasteiger charge is -2.27. The molecule has 1 aliphatic heterocycles. The molecule has 3 aromatic rings. The van der Waals surface area contributed by atoms with E-state index in [-0.39, 0.29) is 18.5 Å². The normalized spacial score (nSPS) is 18.3. The Morgan fingerprint density at radius 2 is 1.92 bits per heavy atom. The molecule has 0 aliphatic carbocycles. The van der Waals surface area contributed by atoms with Gasteiger partial charge in [-0.15, -0.1) is 0 Å². The minimum Gasteiger partial charge on any atom is -0.388 e. The second-order valence-corrected chi connectivity index (χ2v) is 6.91. The summed E-state index contributed by atoms with van der Waals surface area (Å²) in [6.07, 6.45) is 3.76. The Morgan fingerprint density at radius 3 is 2.77 bits per heavy atom. The molecule has 1 N–H and O–H groups in total. The topological polar surface area (TPSA) is 58.4 Å². The number of carbonyl (C=O) groups is 1. The Balaban J connectivity index is 1.45. The number of hydrogen-bond acceptors (Lipinski definition) is 3. The molecule has 0 bridgehead atoms. The van der Waals surface area contributed by atoms with E-state index in [9.17, 15) is 9.90 Å². The molecule has 26 heavy (non-hydrogen) atoms. The highest BCUT2D eigenvalue weighted by molar-refractivity contribution is 5.82. The van der Waals surface area contributed by atoms with Crippen LogP contribution in [-0.2, 0) is 11.3 Å². The number of nitrogens with zero attached hydrogens (tertiary/aromatic N) is 3. The van der Waals surface area contributed by atoms with Gasteiger partial charge in [0.25, 0.3) is 0 Å². The maximum Gasteiger partial charge on any atom is 0.244 e. The molecule has 1 amide bonds. The summed E-state index contributed by atoms with van der Waals surface area (Å²) in [4.78, 5) is 14.8. The molecule has 0 spiro atoms. The molecule has 1 fully saturated rings. The van der Waals surface area contributed by atoms with Crippen molar-refractivity contribution in [3.63, 3.8) is 0 Å². The Hall–Kier alpha value is -2.66. The van der Waals surface area contributed by atoms with E-state index in [2.05, 4.69) is 5.10 Å². The van der Waals surface area contributed by atoms with Gasteiger partial charge < -0.3 is 10.0 Å². The fourth-order valence-electron chi connectivity index (χ4n) is 3.85. The highest BCUT2D eigenvalue weighted by Crippen LogP contribution is 2.27. The van der Waals surface area contributed by atoms with Crippen molar-refractivity contribution >= 4 is 16.8 Å². The van der Waals surface area contributed by atoms with Gasteiger partial charge in [-0.2, -0.15) is 5.10 Å². The average molecular weight is 349 g/mol. The predicted octanol–water partition coefficient (Wildman–Crippen LogP) is 3.15. The first kappa shape index (κ1) is 16.8. The van der Waals surface area contributed by atoms with E-state index in [1.54, 1.807) is 10.9 Å². The quantitative estimate of drug-likeness (QED) is 0.770. The van der Waals surface area contributed by atoms with Crippen LogP contribution in [0, 0.1) is 0 Å². The molecule has 2 aromatic carbocycles. The third-order valence-electron chi connectivity index (χ3n) is 5.21. The summed E-state index contributed by atoms with van der Waals surface area (Å²) in [7, 11) is 0. The van der Waals surface area contributed by atoms with Crippen LogP contribution in [-0.4, -0.2) is 38.3 Å². The van der Waals surface area contributed by atoms with Gasteiger partial charge in [0.15, 0.2) is 0 Å². The smallest absolute Gasteiger partial charge is 0.244 e. The minimum atomic E-state index is -0.542. The average Bonchev–Trinajstić information content (AvgIpc) is 3.30. The van der Waals surface area contributed by atoms with Crippen molar-refractivity contribution in [2.24, 2.45) is 0 Å². The Labute approximate surface area is 152 Å². The second-order valence-electron chi connectivity index (χ2n) is 6.91. The van der Waals surface area contributed by atoms with Crippen molar-refractivity contribution < 1.29 is 9.90 Å². The molecule has 5 nitrogen and oxygen atoms in total. The minimum absolute atomic E-state index is 0.0709. The highest BCUT2D eigenvalue weighted by Gasteiger charge is 2.30. The molecule has 5 heteroatoms. The van der Waals surface area contributed by atoms with Gasteiger partial charge in [-0.05, 0) is 30.9 Å². The highest BCUT2D eigenvalue weighted by atomic mass is 16.3. The Morgan fingerprint density at radius 1 is 1.15 bits per heavy atom. The molecule has 1 aliphatic rings. The number of carbonyl (C=O) groups excluding carboxylic acids is 1. The molecule has 4 rings (SSSR count). The van der Waals surface area contributed by atoms with Crippen LogP contribution in [0.15, 0.2) is 60.8 Å². The Bertz CT molecular complexity index is 890. The number of fused-ring (bicyclic) bond motifs is 1. The zero-order valence-electron chi connectivity index (χ0n) is 14.7. The lowest BCUT2D eigenvalue weighted by molar-refractivity contribution is -0.133. The van der Waals surface area contributed by atoms with E-state index in [1.165, 1.54) is 0 Å². The first-order valence-electron chi connectivity index (χ1n) is 9.15. The van der Waals surface area contributed by atoms with Crippen LogP contribution >= 0.6 is 0 Å². The molecule has 2 heterocycles. The molecular weight excluding hydrogens is 326 g/mol. The summed E-state index contributed by atoms with van der Waals surface area (Å²) in [5.41, 5.74) is 1.88. The summed E-state index contributed by atoms with van der Waals surface area (Å²) in [5.74, 6) is 0.0709. The van der Waals surface area contributed by atoms with Crippen LogP contribution in [0.4, 0.5) is 0 Å². The van der Waals surface area contributed by atoms with Crippen LogP contribution < -0.4 is 0 Å². The van der Waals surface area contributed by atoms with E-state index in [0.29, 0.717) is 6.42 Å².